The Morgan fingerprint density at radius 3 is 2.80 bits per heavy atom. The first-order valence-electron chi connectivity index (χ1n) is 6.66. The number of methoxy groups -OCH3 is 1. The van der Waals surface area contributed by atoms with E-state index in [2.05, 4.69) is 10.1 Å². The molecule has 2 N–H and O–H groups in total. The molecule has 8 nitrogen and oxygen atoms in total. The fraction of sp³-hybridized carbons (Fsp3) is 0.909. The minimum Gasteiger partial charge on any atom is -0.449 e. The second kappa shape index (κ2) is 8.40. The lowest BCUT2D eigenvalue weighted by atomic mass is 10.2. The average molecular weight is 309 g/mol. The SMILES string of the molecule is CCOC(=O)NS(=O)(=O)N(CCOC)CC1CCCN1. The lowest BCUT2D eigenvalue weighted by molar-refractivity contribution is 0.156. The van der Waals surface area contributed by atoms with Crippen LogP contribution in [-0.4, -0.2) is 64.8 Å². The topological polar surface area (TPSA) is 97.0 Å². The zero-order valence-corrected chi connectivity index (χ0v) is 12.7. The molecule has 0 aromatic heterocycles. The Morgan fingerprint density at radius 1 is 1.50 bits per heavy atom. The molecule has 1 saturated heterocycles. The van der Waals surface area contributed by atoms with Crippen molar-refractivity contribution >= 4 is 16.3 Å². The molecule has 1 heterocycles. The van der Waals surface area contributed by atoms with Crippen molar-refractivity contribution in [1.82, 2.24) is 14.3 Å². The van der Waals surface area contributed by atoms with Gasteiger partial charge in [-0.3, -0.25) is 0 Å². The molecule has 0 saturated carbocycles. The first-order valence-corrected chi connectivity index (χ1v) is 8.10. The lowest BCUT2D eigenvalue weighted by Gasteiger charge is -2.24. The fourth-order valence-corrected chi connectivity index (χ4v) is 3.08. The van der Waals surface area contributed by atoms with Crippen molar-refractivity contribution in [3.8, 4) is 0 Å². The third kappa shape index (κ3) is 5.61. The average Bonchev–Trinajstić information content (AvgIpc) is 2.86. The van der Waals surface area contributed by atoms with E-state index in [9.17, 15) is 13.2 Å². The van der Waals surface area contributed by atoms with Gasteiger partial charge in [0, 0.05) is 26.2 Å². The Kier molecular flexibility index (Phi) is 7.20. The number of nitrogens with zero attached hydrogens (tertiary/aromatic N) is 1. The number of rotatable bonds is 8. The maximum absolute atomic E-state index is 12.1. The van der Waals surface area contributed by atoms with E-state index in [1.165, 1.54) is 11.4 Å². The minimum absolute atomic E-state index is 0.102. The molecule has 0 aromatic carbocycles. The van der Waals surface area contributed by atoms with Crippen LogP contribution in [0.25, 0.3) is 0 Å². The van der Waals surface area contributed by atoms with Crippen LogP contribution in [0, 0.1) is 0 Å². The number of nitrogens with one attached hydrogen (secondary N) is 2. The van der Waals surface area contributed by atoms with Crippen molar-refractivity contribution in [2.24, 2.45) is 0 Å². The number of hydrogen-bond donors (Lipinski definition) is 2. The Labute approximate surface area is 120 Å². The van der Waals surface area contributed by atoms with Crippen molar-refractivity contribution in [2.45, 2.75) is 25.8 Å². The largest absolute Gasteiger partial charge is 0.449 e. The summed E-state index contributed by atoms with van der Waals surface area (Å²) in [6, 6.07) is 0.102. The van der Waals surface area contributed by atoms with Crippen LogP contribution in [0.1, 0.15) is 19.8 Å². The number of hydrogen-bond acceptors (Lipinski definition) is 6. The maximum atomic E-state index is 12.1. The fourth-order valence-electron chi connectivity index (χ4n) is 1.99. The Bertz CT molecular complexity index is 395. The number of carbonyl (C=O) groups is 1. The van der Waals surface area contributed by atoms with Gasteiger partial charge in [-0.05, 0) is 26.3 Å². The zero-order chi connectivity index (χ0) is 15.0. The van der Waals surface area contributed by atoms with Gasteiger partial charge in [0.15, 0.2) is 0 Å². The second-order valence-electron chi connectivity index (χ2n) is 4.47. The van der Waals surface area contributed by atoms with Crippen LogP contribution in [0.4, 0.5) is 4.79 Å². The highest BCUT2D eigenvalue weighted by atomic mass is 32.2. The van der Waals surface area contributed by atoms with E-state index in [1.807, 2.05) is 4.72 Å². The molecule has 118 valence electrons. The van der Waals surface area contributed by atoms with Gasteiger partial charge in [-0.2, -0.15) is 12.7 Å². The van der Waals surface area contributed by atoms with Gasteiger partial charge in [0.1, 0.15) is 0 Å². The Balaban J connectivity index is 2.65. The van der Waals surface area contributed by atoms with Crippen molar-refractivity contribution < 1.29 is 22.7 Å². The standard InChI is InChI=1S/C11H23N3O5S/c1-3-19-11(15)13-20(16,17)14(7-8-18-2)9-10-5-4-6-12-10/h10,12H,3-9H2,1-2H3,(H,13,15). The van der Waals surface area contributed by atoms with Crippen molar-refractivity contribution in [3.05, 3.63) is 0 Å². The first-order chi connectivity index (χ1) is 9.49. The van der Waals surface area contributed by atoms with E-state index >= 15 is 0 Å². The van der Waals surface area contributed by atoms with Crippen LogP contribution in [-0.2, 0) is 19.7 Å². The molecule has 20 heavy (non-hydrogen) atoms. The third-order valence-corrected chi connectivity index (χ3v) is 4.39. The minimum atomic E-state index is -3.91. The van der Waals surface area contributed by atoms with Gasteiger partial charge in [-0.25, -0.2) is 9.52 Å². The normalized spacial score (nSPS) is 19.2. The van der Waals surface area contributed by atoms with Crippen LogP contribution in [0.15, 0.2) is 0 Å². The van der Waals surface area contributed by atoms with E-state index in [4.69, 9.17) is 4.74 Å². The van der Waals surface area contributed by atoms with Gasteiger partial charge in [0.2, 0.25) is 0 Å². The summed E-state index contributed by atoms with van der Waals surface area (Å²) in [4.78, 5) is 11.3. The molecule has 0 aliphatic carbocycles. The predicted molar refractivity (Wildman–Crippen MR) is 73.6 cm³/mol. The molecule has 1 aliphatic rings. The number of carbonyl (C=O) groups excluding carboxylic acids is 1. The molecule has 1 rings (SSSR count). The molecular formula is C11H23N3O5S. The van der Waals surface area contributed by atoms with Gasteiger partial charge in [-0.15, -0.1) is 0 Å². The molecule has 0 aromatic rings. The molecule has 9 heteroatoms. The van der Waals surface area contributed by atoms with Crippen LogP contribution < -0.4 is 10.0 Å². The third-order valence-electron chi connectivity index (χ3n) is 2.96. The molecule has 0 spiro atoms. The Morgan fingerprint density at radius 2 is 2.25 bits per heavy atom. The summed E-state index contributed by atoms with van der Waals surface area (Å²) >= 11 is 0. The second-order valence-corrected chi connectivity index (χ2v) is 6.14. The van der Waals surface area contributed by atoms with Crippen LogP contribution >= 0.6 is 0 Å². The van der Waals surface area contributed by atoms with Gasteiger partial charge < -0.3 is 14.8 Å². The van der Waals surface area contributed by atoms with Crippen molar-refractivity contribution in [2.75, 3.05) is 40.0 Å². The summed E-state index contributed by atoms with van der Waals surface area (Å²) in [5, 5.41) is 3.22. The van der Waals surface area contributed by atoms with Crippen LogP contribution in [0.5, 0.6) is 0 Å². The Hall–Kier alpha value is -0.900. The van der Waals surface area contributed by atoms with E-state index in [0.717, 1.165) is 19.4 Å². The molecular weight excluding hydrogens is 286 g/mol. The number of ether oxygens (including phenoxy) is 2. The molecule has 0 bridgehead atoms. The lowest BCUT2D eigenvalue weighted by Crippen LogP contribution is -2.49. The van der Waals surface area contributed by atoms with Crippen molar-refractivity contribution in [3.63, 3.8) is 0 Å². The van der Waals surface area contributed by atoms with E-state index in [0.29, 0.717) is 6.54 Å². The maximum Gasteiger partial charge on any atom is 0.421 e. The quantitative estimate of drug-likeness (QED) is 0.638. The highest BCUT2D eigenvalue weighted by Gasteiger charge is 2.28. The van der Waals surface area contributed by atoms with E-state index in [-0.39, 0.29) is 25.8 Å². The predicted octanol–water partition coefficient (Wildman–Crippen LogP) is -0.322. The van der Waals surface area contributed by atoms with E-state index < -0.39 is 16.3 Å². The summed E-state index contributed by atoms with van der Waals surface area (Å²) < 4.78 is 36.9. The van der Waals surface area contributed by atoms with Gasteiger partial charge in [0.05, 0.1) is 13.2 Å². The van der Waals surface area contributed by atoms with Crippen LogP contribution in [0.2, 0.25) is 0 Å². The monoisotopic (exact) mass is 309 g/mol. The molecule has 1 fully saturated rings. The van der Waals surface area contributed by atoms with Crippen LogP contribution in [0.3, 0.4) is 0 Å². The smallest absolute Gasteiger partial charge is 0.421 e. The van der Waals surface area contributed by atoms with Gasteiger partial charge >= 0.3 is 16.3 Å². The molecule has 0 radical (unpaired) electrons. The summed E-state index contributed by atoms with van der Waals surface area (Å²) in [5.41, 5.74) is 0. The molecule has 1 unspecified atom stereocenters. The first kappa shape index (κ1) is 17.2. The van der Waals surface area contributed by atoms with Crippen molar-refractivity contribution in [1.29, 1.82) is 0 Å². The molecule has 1 atom stereocenters. The summed E-state index contributed by atoms with van der Waals surface area (Å²) in [6.07, 6.45) is 0.973. The van der Waals surface area contributed by atoms with Gasteiger partial charge in [0.25, 0.3) is 0 Å². The summed E-state index contributed by atoms with van der Waals surface area (Å²) in [6.45, 7) is 3.35. The number of amides is 1. The highest BCUT2D eigenvalue weighted by Crippen LogP contribution is 2.09. The molecule has 1 amide bonds. The van der Waals surface area contributed by atoms with Gasteiger partial charge in [-0.1, -0.05) is 0 Å². The zero-order valence-electron chi connectivity index (χ0n) is 11.9. The summed E-state index contributed by atoms with van der Waals surface area (Å²) in [7, 11) is -2.42. The van der Waals surface area contributed by atoms with E-state index in [1.54, 1.807) is 6.92 Å². The molecule has 1 aliphatic heterocycles. The summed E-state index contributed by atoms with van der Waals surface area (Å²) in [5.74, 6) is 0. The highest BCUT2D eigenvalue weighted by molar-refractivity contribution is 7.87.